The lowest BCUT2D eigenvalue weighted by molar-refractivity contribution is -0.147. The second-order valence-electron chi connectivity index (χ2n) is 4.89. The molecule has 21 heavy (non-hydrogen) atoms. The van der Waals surface area contributed by atoms with Crippen molar-refractivity contribution < 1.29 is 14.7 Å². The molecule has 0 aliphatic heterocycles. The van der Waals surface area contributed by atoms with E-state index in [1.54, 1.807) is 53.6 Å². The fourth-order valence-electron chi connectivity index (χ4n) is 2.01. The van der Waals surface area contributed by atoms with Crippen LogP contribution >= 0.6 is 0 Å². The minimum atomic E-state index is -1.44. The summed E-state index contributed by atoms with van der Waals surface area (Å²) in [7, 11) is 0. The summed E-state index contributed by atoms with van der Waals surface area (Å²) in [6.07, 6.45) is 5.18. The van der Waals surface area contributed by atoms with Crippen LogP contribution in [0.4, 0.5) is 0 Å². The summed E-state index contributed by atoms with van der Waals surface area (Å²) in [4.78, 5) is 27.5. The molecular weight excluding hydrogens is 270 g/mol. The van der Waals surface area contributed by atoms with Gasteiger partial charge in [0.15, 0.2) is 5.54 Å². The van der Waals surface area contributed by atoms with E-state index in [0.29, 0.717) is 12.1 Å². The topological polar surface area (TPSA) is 84.2 Å². The van der Waals surface area contributed by atoms with E-state index < -0.39 is 11.5 Å². The molecule has 6 heteroatoms. The third kappa shape index (κ3) is 3.47. The summed E-state index contributed by atoms with van der Waals surface area (Å²) in [6.45, 7) is 1.94. The number of carboxylic acid groups (broad SMARTS) is 1. The normalized spacial score (nSPS) is 13.4. The first kappa shape index (κ1) is 14.8. The number of nitrogens with one attached hydrogen (secondary N) is 1. The zero-order chi connectivity index (χ0) is 15.3. The Kier molecular flexibility index (Phi) is 4.37. The molecule has 1 amide bonds. The molecule has 0 fully saturated rings. The third-order valence-electron chi connectivity index (χ3n) is 3.32. The van der Waals surface area contributed by atoms with Gasteiger partial charge in [0.2, 0.25) is 5.91 Å². The van der Waals surface area contributed by atoms with Crippen LogP contribution in [0.3, 0.4) is 0 Å². The molecule has 0 radical (unpaired) electrons. The van der Waals surface area contributed by atoms with Crippen molar-refractivity contribution in [3.63, 3.8) is 0 Å². The lowest BCUT2D eigenvalue weighted by atomic mass is 9.92. The van der Waals surface area contributed by atoms with Crippen molar-refractivity contribution in [2.75, 3.05) is 0 Å². The van der Waals surface area contributed by atoms with Crippen molar-refractivity contribution in [1.29, 1.82) is 0 Å². The molecule has 2 aromatic rings. The van der Waals surface area contributed by atoms with Gasteiger partial charge in [0.1, 0.15) is 0 Å². The average molecular weight is 287 g/mol. The molecule has 0 saturated carbocycles. The minimum absolute atomic E-state index is 0.187. The Bertz CT molecular complexity index is 610. The molecule has 0 aliphatic carbocycles. The van der Waals surface area contributed by atoms with Crippen molar-refractivity contribution in [3.8, 4) is 0 Å². The average Bonchev–Trinajstić information content (AvgIpc) is 2.99. The maximum atomic E-state index is 12.0. The summed E-state index contributed by atoms with van der Waals surface area (Å²) in [6, 6.07) is 8.66. The Morgan fingerprint density at radius 1 is 1.33 bits per heavy atom. The summed E-state index contributed by atoms with van der Waals surface area (Å²) in [5.41, 5.74) is -0.902. The molecule has 1 atom stereocenters. The first-order valence-electron chi connectivity index (χ1n) is 6.58. The highest BCUT2D eigenvalue weighted by Crippen LogP contribution is 2.21. The summed E-state index contributed by atoms with van der Waals surface area (Å²) in [5.74, 6) is -1.41. The number of aliphatic carboxylic acids is 1. The van der Waals surface area contributed by atoms with E-state index in [2.05, 4.69) is 10.3 Å². The van der Waals surface area contributed by atoms with E-state index >= 15 is 0 Å². The van der Waals surface area contributed by atoms with Crippen molar-refractivity contribution in [1.82, 2.24) is 14.9 Å². The molecule has 2 rings (SSSR count). The number of rotatable bonds is 6. The van der Waals surface area contributed by atoms with Crippen LogP contribution in [0.1, 0.15) is 18.9 Å². The predicted octanol–water partition coefficient (Wildman–Crippen LogP) is 1.39. The predicted molar refractivity (Wildman–Crippen MR) is 76.4 cm³/mol. The number of aromatic nitrogens is 2. The zero-order valence-electron chi connectivity index (χ0n) is 11.7. The Morgan fingerprint density at radius 3 is 2.62 bits per heavy atom. The number of carbonyl (C=O) groups excluding carboxylic acids is 1. The van der Waals surface area contributed by atoms with E-state index in [-0.39, 0.29) is 12.3 Å². The summed E-state index contributed by atoms with van der Waals surface area (Å²) in [5, 5.41) is 12.1. The third-order valence-corrected chi connectivity index (χ3v) is 3.32. The standard InChI is InChI=1S/C15H17N3O3/c1-15(14(20)21,12-5-3-2-4-6-12)17-13(19)7-9-18-10-8-16-11-18/h2-6,8,10-11H,7,9H2,1H3,(H,17,19)(H,20,21). The largest absolute Gasteiger partial charge is 0.479 e. The first-order chi connectivity index (χ1) is 10.0. The second-order valence-corrected chi connectivity index (χ2v) is 4.89. The van der Waals surface area contributed by atoms with Crippen LogP contribution in [0, 0.1) is 0 Å². The van der Waals surface area contributed by atoms with Crippen LogP contribution in [-0.4, -0.2) is 26.5 Å². The Hall–Kier alpha value is -2.63. The SMILES string of the molecule is CC(NC(=O)CCn1ccnc1)(C(=O)O)c1ccccc1. The maximum Gasteiger partial charge on any atom is 0.333 e. The van der Waals surface area contributed by atoms with Gasteiger partial charge in [-0.1, -0.05) is 30.3 Å². The molecule has 1 aromatic carbocycles. The molecule has 1 heterocycles. The van der Waals surface area contributed by atoms with E-state index in [1.807, 2.05) is 0 Å². The molecule has 1 unspecified atom stereocenters. The van der Waals surface area contributed by atoms with Gasteiger partial charge >= 0.3 is 5.97 Å². The molecule has 2 N–H and O–H groups in total. The number of imidazole rings is 1. The number of nitrogens with zero attached hydrogens (tertiary/aromatic N) is 2. The lowest BCUT2D eigenvalue weighted by Crippen LogP contribution is -2.49. The quantitative estimate of drug-likeness (QED) is 0.841. The highest BCUT2D eigenvalue weighted by Gasteiger charge is 2.36. The number of hydrogen-bond acceptors (Lipinski definition) is 3. The molecule has 0 aliphatic rings. The van der Waals surface area contributed by atoms with E-state index in [1.165, 1.54) is 6.92 Å². The Balaban J connectivity index is 2.06. The highest BCUT2D eigenvalue weighted by molar-refractivity contribution is 5.87. The summed E-state index contributed by atoms with van der Waals surface area (Å²) >= 11 is 0. The van der Waals surface area contributed by atoms with Crippen molar-refractivity contribution >= 4 is 11.9 Å². The van der Waals surface area contributed by atoms with Gasteiger partial charge in [-0.25, -0.2) is 9.78 Å². The van der Waals surface area contributed by atoms with Gasteiger partial charge in [0.25, 0.3) is 0 Å². The minimum Gasteiger partial charge on any atom is -0.479 e. The highest BCUT2D eigenvalue weighted by atomic mass is 16.4. The van der Waals surface area contributed by atoms with Gasteiger partial charge in [-0.2, -0.15) is 0 Å². The molecule has 0 saturated heterocycles. The molecule has 0 spiro atoms. The van der Waals surface area contributed by atoms with E-state index in [9.17, 15) is 14.7 Å². The number of benzene rings is 1. The van der Waals surface area contributed by atoms with Gasteiger partial charge in [0, 0.05) is 25.4 Å². The number of carbonyl (C=O) groups is 2. The van der Waals surface area contributed by atoms with Crippen molar-refractivity contribution in [2.24, 2.45) is 0 Å². The van der Waals surface area contributed by atoms with Crippen molar-refractivity contribution in [3.05, 3.63) is 54.6 Å². The zero-order valence-corrected chi connectivity index (χ0v) is 11.7. The smallest absolute Gasteiger partial charge is 0.333 e. The fourth-order valence-corrected chi connectivity index (χ4v) is 2.01. The molecule has 0 bridgehead atoms. The lowest BCUT2D eigenvalue weighted by Gasteiger charge is -2.26. The number of amides is 1. The van der Waals surface area contributed by atoms with Crippen LogP contribution in [0.5, 0.6) is 0 Å². The number of aryl methyl sites for hydroxylation is 1. The molecular formula is C15H17N3O3. The van der Waals surface area contributed by atoms with Gasteiger partial charge < -0.3 is 15.0 Å². The van der Waals surface area contributed by atoms with Crippen LogP contribution in [0.15, 0.2) is 49.1 Å². The van der Waals surface area contributed by atoms with Gasteiger partial charge in [-0.05, 0) is 12.5 Å². The fraction of sp³-hybridized carbons (Fsp3) is 0.267. The van der Waals surface area contributed by atoms with Crippen LogP contribution in [-0.2, 0) is 21.7 Å². The first-order valence-corrected chi connectivity index (χ1v) is 6.58. The van der Waals surface area contributed by atoms with Crippen molar-refractivity contribution in [2.45, 2.75) is 25.4 Å². The number of hydrogen-bond donors (Lipinski definition) is 2. The molecule has 6 nitrogen and oxygen atoms in total. The number of carboxylic acids is 1. The van der Waals surface area contributed by atoms with Crippen LogP contribution in [0.2, 0.25) is 0 Å². The van der Waals surface area contributed by atoms with E-state index in [0.717, 1.165) is 0 Å². The van der Waals surface area contributed by atoms with Gasteiger partial charge in [0.05, 0.1) is 6.33 Å². The molecule has 110 valence electrons. The van der Waals surface area contributed by atoms with E-state index in [4.69, 9.17) is 0 Å². The second kappa shape index (κ2) is 6.21. The molecule has 1 aromatic heterocycles. The Labute approximate surface area is 122 Å². The van der Waals surface area contributed by atoms with Crippen LogP contribution in [0.25, 0.3) is 0 Å². The monoisotopic (exact) mass is 287 g/mol. The van der Waals surface area contributed by atoms with Gasteiger partial charge in [-0.15, -0.1) is 0 Å². The Morgan fingerprint density at radius 2 is 2.05 bits per heavy atom. The summed E-state index contributed by atoms with van der Waals surface area (Å²) < 4.78 is 1.76. The van der Waals surface area contributed by atoms with Crippen LogP contribution < -0.4 is 5.32 Å². The maximum absolute atomic E-state index is 12.0. The van der Waals surface area contributed by atoms with Gasteiger partial charge in [-0.3, -0.25) is 4.79 Å².